The predicted molar refractivity (Wildman–Crippen MR) is 64.4 cm³/mol. The van der Waals surface area contributed by atoms with Gasteiger partial charge in [-0.1, -0.05) is 10.6 Å². The van der Waals surface area contributed by atoms with E-state index in [1.54, 1.807) is 0 Å². The number of hydrogen-bond donors (Lipinski definition) is 1. The van der Waals surface area contributed by atoms with Gasteiger partial charge in [0.2, 0.25) is 0 Å². The topological polar surface area (TPSA) is 81.8 Å². The molecule has 5 nitrogen and oxygen atoms in total. The third-order valence-electron chi connectivity index (χ3n) is 1.46. The fourth-order valence-corrected chi connectivity index (χ4v) is 1.76. The molecular weight excluding hydrogens is 244 g/mol. The minimum absolute atomic E-state index is 0.231. The molecule has 0 bridgehead atoms. The van der Waals surface area contributed by atoms with E-state index in [1.807, 2.05) is 17.5 Å². The Morgan fingerprint density at radius 2 is 2.38 bits per heavy atom. The molecule has 0 atom stereocenters. The molecule has 0 saturated carbocycles. The molecule has 0 saturated heterocycles. The van der Waals surface area contributed by atoms with Crippen molar-refractivity contribution in [2.24, 2.45) is 5.73 Å². The van der Waals surface area contributed by atoms with E-state index in [9.17, 15) is 4.79 Å². The second kappa shape index (κ2) is 6.81. The SMILES string of the molecule is C=CCc1ccsn1.NC(=O)c1csnn1. The number of carbonyl (C=O) groups excluding carboxylic acids is 1. The lowest BCUT2D eigenvalue weighted by Gasteiger charge is -1.79. The Morgan fingerprint density at radius 3 is 2.75 bits per heavy atom. The first-order valence-corrected chi connectivity index (χ1v) is 5.98. The van der Waals surface area contributed by atoms with E-state index in [0.29, 0.717) is 0 Å². The Hall–Kier alpha value is -1.60. The minimum atomic E-state index is -0.529. The average molecular weight is 254 g/mol. The lowest BCUT2D eigenvalue weighted by atomic mass is 10.3. The van der Waals surface area contributed by atoms with Crippen LogP contribution in [0.25, 0.3) is 0 Å². The average Bonchev–Trinajstić information content (AvgIpc) is 2.91. The first kappa shape index (κ1) is 12.5. The molecular formula is C9H10N4OS2. The fourth-order valence-electron chi connectivity index (χ4n) is 0.763. The van der Waals surface area contributed by atoms with Crippen LogP contribution in [0.5, 0.6) is 0 Å². The molecule has 0 spiro atoms. The van der Waals surface area contributed by atoms with E-state index in [0.717, 1.165) is 23.6 Å². The van der Waals surface area contributed by atoms with Gasteiger partial charge < -0.3 is 5.73 Å². The summed E-state index contributed by atoms with van der Waals surface area (Å²) in [5, 5.41) is 6.88. The number of rotatable bonds is 3. The zero-order chi connectivity index (χ0) is 11.8. The molecule has 16 heavy (non-hydrogen) atoms. The van der Waals surface area contributed by atoms with Crippen molar-refractivity contribution in [3.63, 3.8) is 0 Å². The number of primary amides is 1. The van der Waals surface area contributed by atoms with Gasteiger partial charge in [-0.3, -0.25) is 4.79 Å². The lowest BCUT2D eigenvalue weighted by Crippen LogP contribution is -2.10. The zero-order valence-electron chi connectivity index (χ0n) is 8.37. The molecule has 2 rings (SSSR count). The van der Waals surface area contributed by atoms with E-state index in [-0.39, 0.29) is 5.69 Å². The Kier molecular flexibility index (Phi) is 5.30. The fraction of sp³-hybridized carbons (Fsp3) is 0.111. The summed E-state index contributed by atoms with van der Waals surface area (Å²) >= 11 is 2.59. The molecule has 0 unspecified atom stereocenters. The van der Waals surface area contributed by atoms with Crippen molar-refractivity contribution in [3.05, 3.63) is 40.9 Å². The Labute approximate surface area is 101 Å². The molecule has 2 aromatic rings. The highest BCUT2D eigenvalue weighted by Crippen LogP contribution is 1.99. The van der Waals surface area contributed by atoms with Crippen molar-refractivity contribution in [2.45, 2.75) is 6.42 Å². The Balaban J connectivity index is 0.000000160. The van der Waals surface area contributed by atoms with Crippen LogP contribution in [0, 0.1) is 0 Å². The number of aromatic nitrogens is 3. The van der Waals surface area contributed by atoms with E-state index < -0.39 is 5.91 Å². The summed E-state index contributed by atoms with van der Waals surface area (Å²) in [4.78, 5) is 10.2. The van der Waals surface area contributed by atoms with Gasteiger partial charge in [0.25, 0.3) is 5.91 Å². The van der Waals surface area contributed by atoms with Crippen molar-refractivity contribution >= 4 is 29.0 Å². The number of nitrogens with zero attached hydrogens (tertiary/aromatic N) is 3. The van der Waals surface area contributed by atoms with Crippen LogP contribution in [0.1, 0.15) is 16.2 Å². The summed E-state index contributed by atoms with van der Waals surface area (Å²) in [5.41, 5.74) is 6.17. The monoisotopic (exact) mass is 254 g/mol. The number of allylic oxidation sites excluding steroid dienone is 1. The molecule has 2 aromatic heterocycles. The van der Waals surface area contributed by atoms with Gasteiger partial charge in [0.15, 0.2) is 5.69 Å². The highest BCUT2D eigenvalue weighted by atomic mass is 32.1. The summed E-state index contributed by atoms with van der Waals surface area (Å²) in [6.07, 6.45) is 2.75. The first-order chi connectivity index (χ1) is 7.74. The van der Waals surface area contributed by atoms with Gasteiger partial charge in [-0.15, -0.1) is 11.7 Å². The smallest absolute Gasteiger partial charge is 0.270 e. The quantitative estimate of drug-likeness (QED) is 0.842. The van der Waals surface area contributed by atoms with Crippen molar-refractivity contribution < 1.29 is 4.79 Å². The maximum atomic E-state index is 10.2. The number of hydrogen-bond acceptors (Lipinski definition) is 6. The van der Waals surface area contributed by atoms with Gasteiger partial charge >= 0.3 is 0 Å². The van der Waals surface area contributed by atoms with Crippen LogP contribution in [0.15, 0.2) is 29.5 Å². The summed E-state index contributed by atoms with van der Waals surface area (Å²) < 4.78 is 7.51. The van der Waals surface area contributed by atoms with E-state index in [1.165, 1.54) is 16.9 Å². The molecule has 1 amide bonds. The molecule has 7 heteroatoms. The summed E-state index contributed by atoms with van der Waals surface area (Å²) in [5.74, 6) is -0.529. The van der Waals surface area contributed by atoms with Crippen molar-refractivity contribution in [1.82, 2.24) is 14.0 Å². The van der Waals surface area contributed by atoms with Gasteiger partial charge in [-0.25, -0.2) is 0 Å². The largest absolute Gasteiger partial charge is 0.364 e. The molecule has 0 aliphatic carbocycles. The number of carbonyl (C=O) groups is 1. The van der Waals surface area contributed by atoms with Crippen molar-refractivity contribution in [2.75, 3.05) is 0 Å². The van der Waals surface area contributed by atoms with Crippen LogP contribution in [0.2, 0.25) is 0 Å². The molecule has 0 aliphatic rings. The van der Waals surface area contributed by atoms with Crippen molar-refractivity contribution in [1.29, 1.82) is 0 Å². The minimum Gasteiger partial charge on any atom is -0.364 e. The molecule has 2 heterocycles. The van der Waals surface area contributed by atoms with E-state index in [2.05, 4.69) is 20.5 Å². The van der Waals surface area contributed by atoms with Crippen LogP contribution in [0.4, 0.5) is 0 Å². The van der Waals surface area contributed by atoms with Gasteiger partial charge in [0.05, 0.1) is 5.69 Å². The third kappa shape index (κ3) is 4.28. The van der Waals surface area contributed by atoms with Crippen LogP contribution in [0.3, 0.4) is 0 Å². The van der Waals surface area contributed by atoms with Gasteiger partial charge in [-0.05, 0) is 29.1 Å². The number of amides is 1. The standard InChI is InChI=1S/C6H7NS.C3H3N3OS/c1-2-3-6-4-5-8-7-6;4-3(7)2-1-8-6-5-2/h2,4-5H,1,3H2;1H,(H2,4,7). The molecule has 2 N–H and O–H groups in total. The molecule has 0 aliphatic heterocycles. The summed E-state index contributed by atoms with van der Waals surface area (Å²) in [7, 11) is 0. The normalized spacial score (nSPS) is 9.00. The maximum Gasteiger partial charge on any atom is 0.270 e. The first-order valence-electron chi connectivity index (χ1n) is 4.31. The van der Waals surface area contributed by atoms with Gasteiger partial charge in [0, 0.05) is 17.2 Å². The number of nitrogens with two attached hydrogens (primary N) is 1. The zero-order valence-corrected chi connectivity index (χ0v) is 10.0. The lowest BCUT2D eigenvalue weighted by molar-refractivity contribution is 0.0995. The highest BCUT2D eigenvalue weighted by molar-refractivity contribution is 7.03. The van der Waals surface area contributed by atoms with Crippen LogP contribution < -0.4 is 5.73 Å². The van der Waals surface area contributed by atoms with E-state index >= 15 is 0 Å². The second-order valence-corrected chi connectivity index (χ2v) is 3.91. The molecule has 0 fully saturated rings. The van der Waals surface area contributed by atoms with E-state index in [4.69, 9.17) is 5.73 Å². The van der Waals surface area contributed by atoms with Crippen molar-refractivity contribution in [3.8, 4) is 0 Å². The molecule has 84 valence electrons. The van der Waals surface area contributed by atoms with Crippen LogP contribution >= 0.6 is 23.1 Å². The summed E-state index contributed by atoms with van der Waals surface area (Å²) in [6, 6.07) is 2.01. The van der Waals surface area contributed by atoms with Gasteiger partial charge in [0.1, 0.15) is 0 Å². The highest BCUT2D eigenvalue weighted by Gasteiger charge is 1.99. The second-order valence-electron chi connectivity index (χ2n) is 2.64. The third-order valence-corrected chi connectivity index (χ3v) is 2.56. The van der Waals surface area contributed by atoms with Gasteiger partial charge in [-0.2, -0.15) is 4.37 Å². The Bertz CT molecular complexity index is 424. The molecule has 0 radical (unpaired) electrons. The molecule has 0 aromatic carbocycles. The summed E-state index contributed by atoms with van der Waals surface area (Å²) in [6.45, 7) is 3.60. The maximum absolute atomic E-state index is 10.2. The Morgan fingerprint density at radius 1 is 1.56 bits per heavy atom. The predicted octanol–water partition coefficient (Wildman–Crippen LogP) is 1.51. The van der Waals surface area contributed by atoms with Crippen LogP contribution in [-0.2, 0) is 6.42 Å². The van der Waals surface area contributed by atoms with Crippen LogP contribution in [-0.4, -0.2) is 19.9 Å².